The van der Waals surface area contributed by atoms with Gasteiger partial charge in [-0.25, -0.2) is 0 Å². The summed E-state index contributed by atoms with van der Waals surface area (Å²) in [5.41, 5.74) is 4.21. The van der Waals surface area contributed by atoms with Crippen LogP contribution in [0, 0.1) is 6.92 Å². The van der Waals surface area contributed by atoms with Gasteiger partial charge < -0.3 is 4.90 Å². The lowest BCUT2D eigenvalue weighted by molar-refractivity contribution is 0.0706. The van der Waals surface area contributed by atoms with Crippen LogP contribution in [0.2, 0.25) is 5.02 Å². The summed E-state index contributed by atoms with van der Waals surface area (Å²) in [5.74, 6) is 0.254. The molecule has 1 saturated heterocycles. The first-order valence-corrected chi connectivity index (χ1v) is 9.10. The normalized spacial score (nSPS) is 17.5. The number of hydrogen-bond acceptors (Lipinski definition) is 3. The number of aromatic nitrogens is 4. The first-order valence-electron chi connectivity index (χ1n) is 8.72. The summed E-state index contributed by atoms with van der Waals surface area (Å²) in [6.07, 6.45) is 3.61. The molecule has 0 aliphatic carbocycles. The van der Waals surface area contributed by atoms with Gasteiger partial charge in [0.05, 0.1) is 23.1 Å². The zero-order valence-corrected chi connectivity index (χ0v) is 15.3. The molecule has 4 rings (SSSR count). The van der Waals surface area contributed by atoms with Crippen LogP contribution in [0.1, 0.15) is 40.5 Å². The Kier molecular flexibility index (Phi) is 4.51. The number of hydrogen-bond donors (Lipinski definition) is 2. The molecule has 2 N–H and O–H groups in total. The van der Waals surface area contributed by atoms with Gasteiger partial charge in [0.1, 0.15) is 0 Å². The molecule has 1 fully saturated rings. The van der Waals surface area contributed by atoms with E-state index in [0.717, 1.165) is 36.3 Å². The van der Waals surface area contributed by atoms with E-state index in [-0.39, 0.29) is 11.8 Å². The van der Waals surface area contributed by atoms with Gasteiger partial charge in [-0.3, -0.25) is 15.0 Å². The van der Waals surface area contributed by atoms with E-state index >= 15 is 0 Å². The number of nitrogens with zero attached hydrogens (tertiary/aromatic N) is 3. The van der Waals surface area contributed by atoms with Gasteiger partial charge in [0.15, 0.2) is 0 Å². The minimum absolute atomic E-state index is 0.00863. The van der Waals surface area contributed by atoms with Gasteiger partial charge in [-0.05, 0) is 38.0 Å². The van der Waals surface area contributed by atoms with E-state index in [1.54, 1.807) is 6.20 Å². The monoisotopic (exact) mass is 369 g/mol. The van der Waals surface area contributed by atoms with Crippen LogP contribution < -0.4 is 0 Å². The molecule has 1 aliphatic rings. The first-order chi connectivity index (χ1) is 12.6. The first kappa shape index (κ1) is 16.8. The molecule has 0 spiro atoms. The molecule has 1 aromatic carbocycles. The number of carbonyl (C=O) groups excluding carboxylic acids is 1. The summed E-state index contributed by atoms with van der Waals surface area (Å²) in [6.45, 7) is 3.41. The maximum atomic E-state index is 13.1. The zero-order valence-electron chi connectivity index (χ0n) is 14.5. The molecular formula is C19H20ClN5O. The van der Waals surface area contributed by atoms with E-state index in [0.29, 0.717) is 22.8 Å². The summed E-state index contributed by atoms with van der Waals surface area (Å²) < 4.78 is 0. The van der Waals surface area contributed by atoms with Crippen molar-refractivity contribution in [3.8, 4) is 11.3 Å². The molecule has 1 unspecified atom stereocenters. The van der Waals surface area contributed by atoms with Gasteiger partial charge in [-0.2, -0.15) is 10.2 Å². The number of rotatable bonds is 3. The number of benzene rings is 1. The van der Waals surface area contributed by atoms with E-state index in [1.807, 2.05) is 36.1 Å². The maximum absolute atomic E-state index is 13.1. The van der Waals surface area contributed by atoms with Crippen LogP contribution in [0.25, 0.3) is 11.3 Å². The standard InChI is InChI=1S/C19H20ClN5O/c1-12-8-17(23-22-12)14-5-3-7-25(11-14)19(26)16-10-21-24-18(16)13-4-2-6-15(20)9-13/h2,4,6,8-10,14H,3,5,7,11H2,1H3,(H,21,24)(H,22,23). The largest absolute Gasteiger partial charge is 0.338 e. The van der Waals surface area contributed by atoms with Crippen molar-refractivity contribution in [2.45, 2.75) is 25.7 Å². The summed E-state index contributed by atoms with van der Waals surface area (Å²) in [4.78, 5) is 15.0. The van der Waals surface area contributed by atoms with Crippen molar-refractivity contribution in [1.29, 1.82) is 0 Å². The average molecular weight is 370 g/mol. The van der Waals surface area contributed by atoms with Crippen LogP contribution in [0.5, 0.6) is 0 Å². The fourth-order valence-corrected chi connectivity index (χ4v) is 3.72. The van der Waals surface area contributed by atoms with Crippen LogP contribution in [0.4, 0.5) is 0 Å². The van der Waals surface area contributed by atoms with E-state index < -0.39 is 0 Å². The Morgan fingerprint density at radius 2 is 2.19 bits per heavy atom. The number of aromatic amines is 2. The fourth-order valence-electron chi connectivity index (χ4n) is 3.53. The van der Waals surface area contributed by atoms with Crippen molar-refractivity contribution in [3.63, 3.8) is 0 Å². The number of nitrogens with one attached hydrogen (secondary N) is 2. The second kappa shape index (κ2) is 6.96. The Bertz CT molecular complexity index is 931. The molecule has 1 amide bonds. The van der Waals surface area contributed by atoms with Crippen molar-refractivity contribution in [2.24, 2.45) is 0 Å². The van der Waals surface area contributed by atoms with Crippen molar-refractivity contribution in [3.05, 3.63) is 58.5 Å². The molecule has 3 aromatic rings. The lowest BCUT2D eigenvalue weighted by atomic mass is 9.94. The van der Waals surface area contributed by atoms with E-state index in [4.69, 9.17) is 11.6 Å². The summed E-state index contributed by atoms with van der Waals surface area (Å²) in [5, 5.41) is 15.0. The number of carbonyl (C=O) groups is 1. The van der Waals surface area contributed by atoms with Crippen molar-refractivity contribution in [1.82, 2.24) is 25.3 Å². The molecule has 26 heavy (non-hydrogen) atoms. The number of likely N-dealkylation sites (tertiary alicyclic amines) is 1. The lowest BCUT2D eigenvalue weighted by Crippen LogP contribution is -2.39. The van der Waals surface area contributed by atoms with Gasteiger partial charge >= 0.3 is 0 Å². The van der Waals surface area contributed by atoms with Crippen molar-refractivity contribution < 1.29 is 4.79 Å². The van der Waals surface area contributed by atoms with Crippen molar-refractivity contribution in [2.75, 3.05) is 13.1 Å². The second-order valence-corrected chi connectivity index (χ2v) is 7.17. The molecule has 2 aromatic heterocycles. The zero-order chi connectivity index (χ0) is 18.1. The van der Waals surface area contributed by atoms with E-state index in [1.165, 1.54) is 0 Å². The van der Waals surface area contributed by atoms with Crippen LogP contribution in [-0.4, -0.2) is 44.3 Å². The summed E-state index contributed by atoms with van der Waals surface area (Å²) in [6, 6.07) is 9.49. The predicted octanol–water partition coefficient (Wildman–Crippen LogP) is 3.78. The van der Waals surface area contributed by atoms with Gasteiger partial charge in [0, 0.05) is 35.3 Å². The van der Waals surface area contributed by atoms with Gasteiger partial charge in [0.25, 0.3) is 5.91 Å². The third-order valence-corrected chi connectivity index (χ3v) is 5.07. The Balaban J connectivity index is 1.57. The minimum Gasteiger partial charge on any atom is -0.338 e. The molecule has 1 atom stereocenters. The fraction of sp³-hybridized carbons (Fsp3) is 0.316. The smallest absolute Gasteiger partial charge is 0.257 e. The Morgan fingerprint density at radius 1 is 1.31 bits per heavy atom. The molecule has 7 heteroatoms. The number of halogens is 1. The minimum atomic E-state index is -0.00863. The maximum Gasteiger partial charge on any atom is 0.257 e. The van der Waals surface area contributed by atoms with E-state index in [2.05, 4.69) is 26.5 Å². The molecule has 0 saturated carbocycles. The number of piperidine rings is 1. The predicted molar refractivity (Wildman–Crippen MR) is 100 cm³/mol. The third kappa shape index (κ3) is 3.24. The number of H-pyrrole nitrogens is 2. The SMILES string of the molecule is Cc1cc(C2CCCN(C(=O)c3cn[nH]c3-c3cccc(Cl)c3)C2)n[nH]1. The average Bonchev–Trinajstić information content (AvgIpc) is 3.30. The third-order valence-electron chi connectivity index (χ3n) is 4.84. The van der Waals surface area contributed by atoms with Crippen LogP contribution in [0.3, 0.4) is 0 Å². The van der Waals surface area contributed by atoms with Crippen LogP contribution in [0.15, 0.2) is 36.5 Å². The highest BCUT2D eigenvalue weighted by molar-refractivity contribution is 6.30. The van der Waals surface area contributed by atoms with E-state index in [9.17, 15) is 4.79 Å². The highest BCUT2D eigenvalue weighted by Crippen LogP contribution is 2.29. The van der Waals surface area contributed by atoms with Gasteiger partial charge in [0.2, 0.25) is 0 Å². The highest BCUT2D eigenvalue weighted by atomic mass is 35.5. The Morgan fingerprint density at radius 3 is 2.96 bits per heavy atom. The molecule has 3 heterocycles. The van der Waals surface area contributed by atoms with Crippen LogP contribution in [-0.2, 0) is 0 Å². The van der Waals surface area contributed by atoms with Gasteiger partial charge in [-0.15, -0.1) is 0 Å². The molecule has 134 valence electrons. The second-order valence-electron chi connectivity index (χ2n) is 6.74. The lowest BCUT2D eigenvalue weighted by Gasteiger charge is -2.32. The molecule has 0 bridgehead atoms. The number of aryl methyl sites for hydroxylation is 1. The highest BCUT2D eigenvalue weighted by Gasteiger charge is 2.28. The summed E-state index contributed by atoms with van der Waals surface area (Å²) >= 11 is 6.09. The van der Waals surface area contributed by atoms with Crippen molar-refractivity contribution >= 4 is 17.5 Å². The van der Waals surface area contributed by atoms with Crippen LogP contribution >= 0.6 is 11.6 Å². The molecular weight excluding hydrogens is 350 g/mol. The number of amides is 1. The quantitative estimate of drug-likeness (QED) is 0.737. The Hall–Kier alpha value is -2.60. The molecule has 6 nitrogen and oxygen atoms in total. The molecule has 0 radical (unpaired) electrons. The van der Waals surface area contributed by atoms with Gasteiger partial charge in [-0.1, -0.05) is 23.7 Å². The molecule has 1 aliphatic heterocycles. The Labute approximate surface area is 156 Å². The summed E-state index contributed by atoms with van der Waals surface area (Å²) in [7, 11) is 0. The topological polar surface area (TPSA) is 77.7 Å².